The molecule has 3 atom stereocenters. The van der Waals surface area contributed by atoms with Crippen LogP contribution in [0.25, 0.3) is 0 Å². The summed E-state index contributed by atoms with van der Waals surface area (Å²) in [5.41, 5.74) is 1.58. The van der Waals surface area contributed by atoms with Gasteiger partial charge in [-0.15, -0.1) is 23.1 Å². The number of H-pyrrole nitrogens is 1. The number of aromatic amines is 1. The maximum atomic E-state index is 13.5. The molecule has 5 rings (SSSR count). The molecule has 1 saturated heterocycles. The first-order valence-corrected chi connectivity index (χ1v) is 16.1. The molecule has 3 amide bonds. The lowest BCUT2D eigenvalue weighted by atomic mass is 9.94. The van der Waals surface area contributed by atoms with E-state index in [1.54, 1.807) is 0 Å². The molecule has 0 bridgehead atoms. The van der Waals surface area contributed by atoms with Crippen molar-refractivity contribution in [3.63, 3.8) is 0 Å². The quantitative estimate of drug-likeness (QED) is 0.0544. The largest absolute Gasteiger partial charge is 0.504 e. The van der Waals surface area contributed by atoms with Gasteiger partial charge in [-0.05, 0) is 37.1 Å². The van der Waals surface area contributed by atoms with Crippen molar-refractivity contribution in [2.24, 2.45) is 5.16 Å². The molecule has 21 heteroatoms. The van der Waals surface area contributed by atoms with Gasteiger partial charge in [0.05, 0.1) is 6.04 Å². The molecule has 3 aromatic rings. The first kappa shape index (κ1) is 35.2. The summed E-state index contributed by atoms with van der Waals surface area (Å²) in [6.07, 6.45) is 0.882. The van der Waals surface area contributed by atoms with E-state index in [-0.39, 0.29) is 33.4 Å². The number of nitrogens with two attached hydrogens (primary N) is 1. The molecule has 0 saturated carbocycles. The molecule has 2 aliphatic heterocycles. The van der Waals surface area contributed by atoms with Crippen LogP contribution in [0, 0.1) is 0 Å². The van der Waals surface area contributed by atoms with E-state index in [9.17, 15) is 54.3 Å². The molecule has 1 fully saturated rings. The summed E-state index contributed by atoms with van der Waals surface area (Å²) in [5, 5.41) is 58.5. The predicted octanol–water partition coefficient (Wildman–Crippen LogP) is 0.0242. The third-order valence-electron chi connectivity index (χ3n) is 7.44. The molecule has 10 N–H and O–H groups in total. The lowest BCUT2D eigenvalue weighted by molar-refractivity contribution is -0.161. The van der Waals surface area contributed by atoms with Crippen LogP contribution in [0.2, 0.25) is 0 Å². The molecule has 2 aromatic heterocycles. The number of aliphatic carboxylic acids is 2. The van der Waals surface area contributed by atoms with Crippen molar-refractivity contribution >= 4 is 63.6 Å². The Morgan fingerprint density at radius 1 is 1.12 bits per heavy atom. The second kappa shape index (κ2) is 13.4. The van der Waals surface area contributed by atoms with Gasteiger partial charge in [-0.25, -0.2) is 14.6 Å². The van der Waals surface area contributed by atoms with Gasteiger partial charge < -0.3 is 51.7 Å². The Balaban J connectivity index is 1.47. The minimum Gasteiger partial charge on any atom is -0.504 e. The molecule has 1 aromatic carbocycles. The van der Waals surface area contributed by atoms with Crippen molar-refractivity contribution in [2.75, 3.05) is 11.5 Å². The summed E-state index contributed by atoms with van der Waals surface area (Å²) in [6, 6.07) is 1.63. The number of aromatic hydroxyl groups is 3. The normalized spacial score (nSPS) is 18.1. The number of oxime groups is 1. The zero-order chi connectivity index (χ0) is 36.7. The lowest BCUT2D eigenvalue weighted by Gasteiger charge is -2.50. The average molecular weight is 730 g/mol. The lowest BCUT2D eigenvalue weighted by Crippen LogP contribution is -2.71. The Hall–Kier alpha value is -6.09. The molecular formula is C29H27N7O12S2. The molecule has 0 aliphatic carbocycles. The maximum absolute atomic E-state index is 13.5. The van der Waals surface area contributed by atoms with E-state index in [2.05, 4.69) is 25.8 Å². The summed E-state index contributed by atoms with van der Waals surface area (Å²) in [5.74, 6) is -7.68. The third kappa shape index (κ3) is 6.75. The SMILES string of the molecule is CC(C)(ON=C(C(=O)NC1C(=O)N2C(C(=O)O)=C(C(NC(=O)c3cc(=O)c(O)c[nH]3)c3ccc(O)c(O)c3)CS[C@@H]12)c1csc(N)n1)C(=O)O. The number of pyridine rings is 1. The molecule has 0 radical (unpaired) electrons. The summed E-state index contributed by atoms with van der Waals surface area (Å²) in [6.45, 7) is 2.37. The van der Waals surface area contributed by atoms with Crippen LogP contribution in [0.1, 0.15) is 41.6 Å². The number of nitrogens with one attached hydrogen (secondary N) is 3. The zero-order valence-electron chi connectivity index (χ0n) is 25.7. The van der Waals surface area contributed by atoms with Gasteiger partial charge in [-0.2, -0.15) is 0 Å². The van der Waals surface area contributed by atoms with Crippen molar-refractivity contribution in [1.82, 2.24) is 25.5 Å². The van der Waals surface area contributed by atoms with E-state index in [0.717, 1.165) is 52.4 Å². The fourth-order valence-corrected chi connectivity index (χ4v) is 6.71. The van der Waals surface area contributed by atoms with Gasteiger partial charge in [-0.3, -0.25) is 24.1 Å². The number of carboxylic acid groups (broad SMARTS) is 2. The fourth-order valence-electron chi connectivity index (χ4n) is 4.77. The van der Waals surface area contributed by atoms with E-state index in [1.165, 1.54) is 25.3 Å². The number of phenols is 2. The van der Waals surface area contributed by atoms with Gasteiger partial charge in [0.25, 0.3) is 17.7 Å². The number of carbonyl (C=O) groups is 5. The molecule has 50 heavy (non-hydrogen) atoms. The van der Waals surface area contributed by atoms with Gasteiger partial charge in [0.1, 0.15) is 28.5 Å². The number of anilines is 1. The number of nitrogen functional groups attached to an aromatic ring is 1. The number of β-lactam (4-membered cyclic amide) rings is 1. The second-order valence-electron chi connectivity index (χ2n) is 11.2. The smallest absolute Gasteiger partial charge is 0.352 e. The van der Waals surface area contributed by atoms with Crippen LogP contribution in [0.15, 0.2) is 57.1 Å². The molecule has 0 spiro atoms. The molecular weight excluding hydrogens is 702 g/mol. The van der Waals surface area contributed by atoms with E-state index < -0.39 is 86.8 Å². The van der Waals surface area contributed by atoms with Crippen LogP contribution >= 0.6 is 23.1 Å². The number of hydrogen-bond acceptors (Lipinski definition) is 15. The number of thioether (sulfide) groups is 1. The predicted molar refractivity (Wildman–Crippen MR) is 174 cm³/mol. The van der Waals surface area contributed by atoms with Crippen molar-refractivity contribution in [2.45, 2.75) is 36.9 Å². The number of rotatable bonds is 11. The van der Waals surface area contributed by atoms with E-state index in [4.69, 9.17) is 10.6 Å². The Morgan fingerprint density at radius 3 is 2.44 bits per heavy atom. The molecule has 2 unspecified atom stereocenters. The monoisotopic (exact) mass is 729 g/mol. The van der Waals surface area contributed by atoms with E-state index in [0.29, 0.717) is 0 Å². The van der Waals surface area contributed by atoms with Crippen LogP contribution < -0.4 is 21.8 Å². The Kier molecular flexibility index (Phi) is 9.46. The Labute approximate surface area is 288 Å². The number of fused-ring (bicyclic) bond motifs is 1. The maximum Gasteiger partial charge on any atom is 0.352 e. The number of carboxylic acids is 2. The van der Waals surface area contributed by atoms with Crippen LogP contribution in [-0.4, -0.2) is 98.5 Å². The molecule has 19 nitrogen and oxygen atoms in total. The summed E-state index contributed by atoms with van der Waals surface area (Å²) >= 11 is 1.97. The number of phenolic OH excluding ortho intramolecular Hbond substituents is 2. The van der Waals surface area contributed by atoms with E-state index in [1.807, 2.05) is 0 Å². The van der Waals surface area contributed by atoms with Gasteiger partial charge in [0.15, 0.2) is 28.1 Å². The highest BCUT2D eigenvalue weighted by Gasteiger charge is 2.55. The minimum absolute atomic E-state index is 0.0269. The van der Waals surface area contributed by atoms with Crippen molar-refractivity contribution in [3.8, 4) is 17.2 Å². The standard InChI is InChI=1S/C29H27N7O12S2/c1-29(2,27(46)47)48-35-19(13-9-50-28(30)32-13)23(42)34-20-24(43)36-21(26(44)45)11(8-49-25(20)36)18(10-3-4-14(37)15(38)5-10)33-22(41)12-6-16(39)17(40)7-31-12/h3-7,9,18,20,25,37-38,40H,8H2,1-2H3,(H2,30,32)(H,31,39)(H,33,41)(H,34,42)(H,44,45)(H,46,47)/t18?,20?,25-/m0/s1. The summed E-state index contributed by atoms with van der Waals surface area (Å²) in [7, 11) is 0. The number of carbonyl (C=O) groups excluding carboxylic acids is 3. The van der Waals surface area contributed by atoms with Gasteiger partial charge in [0.2, 0.25) is 11.0 Å². The number of aromatic nitrogens is 2. The van der Waals surface area contributed by atoms with Crippen LogP contribution in [-0.2, 0) is 24.0 Å². The highest BCUT2D eigenvalue weighted by molar-refractivity contribution is 8.00. The number of hydrogen-bond donors (Lipinski definition) is 9. The Bertz CT molecular complexity index is 2060. The van der Waals surface area contributed by atoms with Gasteiger partial charge in [-0.1, -0.05) is 11.2 Å². The number of benzene rings is 1. The third-order valence-corrected chi connectivity index (χ3v) is 9.42. The van der Waals surface area contributed by atoms with Gasteiger partial charge >= 0.3 is 11.9 Å². The van der Waals surface area contributed by atoms with Crippen LogP contribution in [0.3, 0.4) is 0 Å². The number of amides is 3. The van der Waals surface area contributed by atoms with Gasteiger partial charge in [0, 0.05) is 23.4 Å². The van der Waals surface area contributed by atoms with Crippen molar-refractivity contribution in [1.29, 1.82) is 0 Å². The van der Waals surface area contributed by atoms with E-state index >= 15 is 0 Å². The highest BCUT2D eigenvalue weighted by atomic mass is 32.2. The highest BCUT2D eigenvalue weighted by Crippen LogP contribution is 2.44. The number of thiazole rings is 1. The fraction of sp³-hybridized carbons (Fsp3) is 0.241. The number of nitrogens with zero attached hydrogens (tertiary/aromatic N) is 3. The summed E-state index contributed by atoms with van der Waals surface area (Å²) < 4.78 is 0. The van der Waals surface area contributed by atoms with Crippen molar-refractivity contribution in [3.05, 3.63) is 74.3 Å². The zero-order valence-corrected chi connectivity index (χ0v) is 27.4. The van der Waals surface area contributed by atoms with Crippen LogP contribution in [0.5, 0.6) is 17.2 Å². The second-order valence-corrected chi connectivity index (χ2v) is 13.2. The molecule has 4 heterocycles. The first-order valence-electron chi connectivity index (χ1n) is 14.2. The topological polar surface area (TPSA) is 307 Å². The average Bonchev–Trinajstić information content (AvgIpc) is 3.49. The first-order chi connectivity index (χ1) is 23.5. The Morgan fingerprint density at radius 2 is 1.84 bits per heavy atom. The van der Waals surface area contributed by atoms with Crippen molar-refractivity contribution < 1.29 is 54.3 Å². The molecule has 2 aliphatic rings. The summed E-state index contributed by atoms with van der Waals surface area (Å²) in [4.78, 5) is 88.8. The minimum atomic E-state index is -1.86. The molecule has 262 valence electrons. The van der Waals surface area contributed by atoms with Crippen LogP contribution in [0.4, 0.5) is 5.13 Å².